The van der Waals surface area contributed by atoms with Crippen LogP contribution in [0.3, 0.4) is 0 Å². The number of hydrogen-bond acceptors (Lipinski definition) is 5. The molecule has 134 valence electrons. The number of hydrogen-bond donors (Lipinski definition) is 1. The summed E-state index contributed by atoms with van der Waals surface area (Å²) >= 11 is 1.20. The highest BCUT2D eigenvalue weighted by atomic mass is 32.1. The summed E-state index contributed by atoms with van der Waals surface area (Å²) in [5.74, 6) is -0.316. The SMILES string of the molecule is Cc1cc(NC(=O)Cn2nc(-c3ccc4ccccc4c3)ccc2=O)sn1. The summed E-state index contributed by atoms with van der Waals surface area (Å²) in [5, 5.41) is 9.98. The molecule has 27 heavy (non-hydrogen) atoms. The van der Waals surface area contributed by atoms with Gasteiger partial charge in [-0.2, -0.15) is 9.47 Å². The van der Waals surface area contributed by atoms with Gasteiger partial charge in [-0.1, -0.05) is 36.4 Å². The highest BCUT2D eigenvalue weighted by Gasteiger charge is 2.10. The van der Waals surface area contributed by atoms with Gasteiger partial charge in [-0.15, -0.1) is 0 Å². The molecule has 2 heterocycles. The van der Waals surface area contributed by atoms with Gasteiger partial charge in [0.2, 0.25) is 5.91 Å². The zero-order chi connectivity index (χ0) is 18.8. The lowest BCUT2D eigenvalue weighted by atomic mass is 10.1. The molecule has 0 bridgehead atoms. The molecule has 4 rings (SSSR count). The van der Waals surface area contributed by atoms with Crippen LogP contribution >= 0.6 is 11.5 Å². The Morgan fingerprint density at radius 2 is 1.89 bits per heavy atom. The van der Waals surface area contributed by atoms with Gasteiger partial charge in [-0.05, 0) is 47.4 Å². The fourth-order valence-electron chi connectivity index (χ4n) is 2.80. The first-order chi connectivity index (χ1) is 13.1. The Morgan fingerprint density at radius 3 is 2.67 bits per heavy atom. The number of carbonyl (C=O) groups excluding carboxylic acids is 1. The number of anilines is 1. The summed E-state index contributed by atoms with van der Waals surface area (Å²) in [6, 6.07) is 18.9. The van der Waals surface area contributed by atoms with Gasteiger partial charge in [0, 0.05) is 11.6 Å². The number of fused-ring (bicyclic) bond motifs is 1. The second-order valence-electron chi connectivity index (χ2n) is 6.16. The molecule has 0 saturated carbocycles. The van der Waals surface area contributed by atoms with E-state index < -0.39 is 0 Å². The van der Waals surface area contributed by atoms with Crippen molar-refractivity contribution >= 4 is 33.2 Å². The van der Waals surface area contributed by atoms with Crippen molar-refractivity contribution in [2.75, 3.05) is 5.32 Å². The maximum atomic E-state index is 12.2. The Labute approximate surface area is 159 Å². The van der Waals surface area contributed by atoms with Crippen molar-refractivity contribution in [3.8, 4) is 11.3 Å². The van der Waals surface area contributed by atoms with Crippen LogP contribution in [0.1, 0.15) is 5.69 Å². The third-order valence-electron chi connectivity index (χ3n) is 4.10. The lowest BCUT2D eigenvalue weighted by Gasteiger charge is -2.08. The third kappa shape index (κ3) is 3.78. The van der Waals surface area contributed by atoms with Crippen molar-refractivity contribution in [2.24, 2.45) is 0 Å². The average molecular weight is 376 g/mol. The van der Waals surface area contributed by atoms with E-state index in [4.69, 9.17) is 0 Å². The molecule has 0 fully saturated rings. The molecule has 7 heteroatoms. The minimum Gasteiger partial charge on any atom is -0.315 e. The molecule has 2 aromatic heterocycles. The number of aromatic nitrogens is 3. The van der Waals surface area contributed by atoms with E-state index in [9.17, 15) is 9.59 Å². The summed E-state index contributed by atoms with van der Waals surface area (Å²) in [6.45, 7) is 1.70. The second-order valence-corrected chi connectivity index (χ2v) is 6.96. The molecule has 0 saturated heterocycles. The highest BCUT2D eigenvalue weighted by Crippen LogP contribution is 2.22. The molecule has 1 N–H and O–H groups in total. The van der Waals surface area contributed by atoms with E-state index >= 15 is 0 Å². The molecule has 0 spiro atoms. The molecular formula is C20H16N4O2S. The van der Waals surface area contributed by atoms with Gasteiger partial charge in [-0.25, -0.2) is 4.68 Å². The molecule has 0 unspecified atom stereocenters. The van der Waals surface area contributed by atoms with E-state index in [1.807, 2.05) is 49.4 Å². The van der Waals surface area contributed by atoms with Gasteiger partial charge in [0.15, 0.2) is 0 Å². The number of carbonyl (C=O) groups is 1. The van der Waals surface area contributed by atoms with E-state index in [1.165, 1.54) is 22.3 Å². The van der Waals surface area contributed by atoms with Gasteiger partial charge >= 0.3 is 0 Å². The van der Waals surface area contributed by atoms with Crippen LogP contribution in [0.2, 0.25) is 0 Å². The zero-order valence-electron chi connectivity index (χ0n) is 14.5. The summed E-state index contributed by atoms with van der Waals surface area (Å²) < 4.78 is 5.29. The minimum absolute atomic E-state index is 0.156. The van der Waals surface area contributed by atoms with Crippen LogP contribution in [-0.4, -0.2) is 20.1 Å². The van der Waals surface area contributed by atoms with Gasteiger partial charge in [-0.3, -0.25) is 9.59 Å². The van der Waals surface area contributed by atoms with E-state index in [2.05, 4.69) is 14.8 Å². The first kappa shape index (κ1) is 17.1. The van der Waals surface area contributed by atoms with Crippen LogP contribution in [0.5, 0.6) is 0 Å². The van der Waals surface area contributed by atoms with Crippen LogP contribution in [0.25, 0.3) is 22.0 Å². The maximum absolute atomic E-state index is 12.2. The average Bonchev–Trinajstić information content (AvgIpc) is 3.07. The molecule has 0 aliphatic carbocycles. The van der Waals surface area contributed by atoms with Gasteiger partial charge in [0.1, 0.15) is 11.5 Å². The van der Waals surface area contributed by atoms with Crippen LogP contribution in [-0.2, 0) is 11.3 Å². The Kier molecular flexibility index (Phi) is 4.52. The summed E-state index contributed by atoms with van der Waals surface area (Å²) in [7, 11) is 0. The first-order valence-corrected chi connectivity index (χ1v) is 9.16. The van der Waals surface area contributed by atoms with Crippen molar-refractivity contribution in [3.63, 3.8) is 0 Å². The Balaban J connectivity index is 1.60. The number of rotatable bonds is 4. The lowest BCUT2D eigenvalue weighted by molar-refractivity contribution is -0.116. The van der Waals surface area contributed by atoms with Crippen molar-refractivity contribution in [3.05, 3.63) is 76.7 Å². The lowest BCUT2D eigenvalue weighted by Crippen LogP contribution is -2.29. The smallest absolute Gasteiger partial charge is 0.267 e. The molecule has 2 aromatic carbocycles. The number of nitrogens with one attached hydrogen (secondary N) is 1. The van der Waals surface area contributed by atoms with E-state index in [0.717, 1.165) is 22.0 Å². The molecule has 0 atom stereocenters. The molecule has 6 nitrogen and oxygen atoms in total. The van der Waals surface area contributed by atoms with Gasteiger partial charge in [0.05, 0.1) is 11.4 Å². The van der Waals surface area contributed by atoms with E-state index in [0.29, 0.717) is 10.7 Å². The quantitative estimate of drug-likeness (QED) is 0.592. The van der Waals surface area contributed by atoms with Crippen LogP contribution in [0.15, 0.2) is 65.5 Å². The molecule has 0 aliphatic heterocycles. The van der Waals surface area contributed by atoms with Crippen LogP contribution in [0, 0.1) is 6.92 Å². The molecule has 0 aliphatic rings. The number of nitrogens with zero attached hydrogens (tertiary/aromatic N) is 3. The largest absolute Gasteiger partial charge is 0.315 e. The summed E-state index contributed by atoms with van der Waals surface area (Å²) in [4.78, 5) is 24.4. The standard InChI is InChI=1S/C20H16N4O2S/c1-13-10-19(27-23-13)21-18(25)12-24-20(26)9-8-17(22-24)16-7-6-14-4-2-3-5-15(14)11-16/h2-11H,12H2,1H3,(H,21,25). The van der Waals surface area contributed by atoms with Crippen LogP contribution < -0.4 is 10.9 Å². The Bertz CT molecular complexity index is 1200. The number of benzene rings is 2. The first-order valence-electron chi connectivity index (χ1n) is 8.39. The fraction of sp³-hybridized carbons (Fsp3) is 0.100. The van der Waals surface area contributed by atoms with Crippen molar-refractivity contribution < 1.29 is 4.79 Å². The normalized spacial score (nSPS) is 10.9. The topological polar surface area (TPSA) is 76.9 Å². The predicted octanol–water partition coefficient (Wildman–Crippen LogP) is 3.47. The predicted molar refractivity (Wildman–Crippen MR) is 107 cm³/mol. The number of amides is 1. The Morgan fingerprint density at radius 1 is 1.07 bits per heavy atom. The molecule has 1 amide bonds. The van der Waals surface area contributed by atoms with E-state index in [-0.39, 0.29) is 18.0 Å². The fourth-order valence-corrected chi connectivity index (χ4v) is 3.48. The highest BCUT2D eigenvalue weighted by molar-refractivity contribution is 7.10. The van der Waals surface area contributed by atoms with Gasteiger partial charge < -0.3 is 5.32 Å². The monoisotopic (exact) mass is 376 g/mol. The minimum atomic E-state index is -0.324. The number of aryl methyl sites for hydroxylation is 1. The van der Waals surface area contributed by atoms with Crippen molar-refractivity contribution in [2.45, 2.75) is 13.5 Å². The summed E-state index contributed by atoms with van der Waals surface area (Å²) in [6.07, 6.45) is 0. The molecule has 4 aromatic rings. The van der Waals surface area contributed by atoms with Crippen molar-refractivity contribution in [1.82, 2.24) is 14.2 Å². The van der Waals surface area contributed by atoms with Gasteiger partial charge in [0.25, 0.3) is 5.56 Å². The Hall–Kier alpha value is -3.32. The van der Waals surface area contributed by atoms with E-state index in [1.54, 1.807) is 12.1 Å². The summed E-state index contributed by atoms with van der Waals surface area (Å²) in [5.41, 5.74) is 2.04. The zero-order valence-corrected chi connectivity index (χ0v) is 15.4. The van der Waals surface area contributed by atoms with Crippen LogP contribution in [0.4, 0.5) is 5.00 Å². The van der Waals surface area contributed by atoms with Crippen molar-refractivity contribution in [1.29, 1.82) is 0 Å². The maximum Gasteiger partial charge on any atom is 0.267 e. The molecular weight excluding hydrogens is 360 g/mol. The second kappa shape index (κ2) is 7.13. The molecule has 0 radical (unpaired) electrons. The third-order valence-corrected chi connectivity index (χ3v) is 4.89.